The lowest BCUT2D eigenvalue weighted by Gasteiger charge is -2.30. The van der Waals surface area contributed by atoms with Crippen LogP contribution in [-0.2, 0) is 4.79 Å². The van der Waals surface area contributed by atoms with Crippen LogP contribution >= 0.6 is 0 Å². The molecule has 69 valence electrons. The van der Waals surface area contributed by atoms with Gasteiger partial charge in [-0.15, -0.1) is 0 Å². The third kappa shape index (κ3) is 2.91. The van der Waals surface area contributed by atoms with Crippen molar-refractivity contribution in [3.8, 4) is 0 Å². The first-order valence-corrected chi connectivity index (χ1v) is 4.40. The molecule has 1 heterocycles. The highest BCUT2D eigenvalue weighted by atomic mass is 16.3. The van der Waals surface area contributed by atoms with Crippen LogP contribution in [0.1, 0.15) is 12.8 Å². The Hall–Kier alpha value is -0.410. The Morgan fingerprint density at radius 1 is 1.67 bits per heavy atom. The van der Waals surface area contributed by atoms with Gasteiger partial charge in [0.1, 0.15) is 5.78 Å². The van der Waals surface area contributed by atoms with E-state index >= 15 is 0 Å². The van der Waals surface area contributed by atoms with Gasteiger partial charge in [0.15, 0.2) is 0 Å². The Morgan fingerprint density at radius 3 is 3.00 bits per heavy atom. The number of aliphatic hydroxyl groups is 1. The van der Waals surface area contributed by atoms with Gasteiger partial charge in [0.25, 0.3) is 0 Å². The summed E-state index contributed by atoms with van der Waals surface area (Å²) in [7, 11) is 0. The van der Waals surface area contributed by atoms with E-state index in [1.807, 2.05) is 0 Å². The van der Waals surface area contributed by atoms with Crippen molar-refractivity contribution in [1.29, 1.82) is 0 Å². The van der Waals surface area contributed by atoms with E-state index in [0.717, 1.165) is 25.9 Å². The van der Waals surface area contributed by atoms with Crippen LogP contribution in [0.5, 0.6) is 0 Å². The molecule has 1 rings (SSSR count). The highest BCUT2D eigenvalue weighted by Gasteiger charge is 2.19. The number of carbonyl (C=O) groups is 1. The molecule has 3 nitrogen and oxygen atoms in total. The predicted molar refractivity (Wildman–Crippen MR) is 46.6 cm³/mol. The second kappa shape index (κ2) is 4.58. The topological polar surface area (TPSA) is 40.5 Å². The van der Waals surface area contributed by atoms with Gasteiger partial charge in [-0.05, 0) is 25.3 Å². The van der Waals surface area contributed by atoms with Crippen molar-refractivity contribution in [3.63, 3.8) is 0 Å². The number of Topliss-reactive ketones (excluding diaryl/α,β-unsaturated/α-hetero) is 1. The standard InChI is InChI=1S/C9H16NO2/c1-8(12)5-10-4-2-3-9(6-10)7-11/h9,11H,1-7H2. The number of hydrogen-bond acceptors (Lipinski definition) is 3. The summed E-state index contributed by atoms with van der Waals surface area (Å²) in [6.45, 7) is 5.83. The van der Waals surface area contributed by atoms with Crippen molar-refractivity contribution < 1.29 is 9.90 Å². The largest absolute Gasteiger partial charge is 0.396 e. The average molecular weight is 170 g/mol. The Morgan fingerprint density at radius 2 is 2.42 bits per heavy atom. The highest BCUT2D eigenvalue weighted by Crippen LogP contribution is 2.14. The van der Waals surface area contributed by atoms with Crippen LogP contribution in [-0.4, -0.2) is 42.0 Å². The third-order valence-electron chi connectivity index (χ3n) is 2.26. The van der Waals surface area contributed by atoms with Crippen LogP contribution in [0.4, 0.5) is 0 Å². The van der Waals surface area contributed by atoms with Crippen LogP contribution in [0.25, 0.3) is 0 Å². The molecule has 1 atom stereocenters. The van der Waals surface area contributed by atoms with Crippen LogP contribution < -0.4 is 0 Å². The molecule has 1 fully saturated rings. The van der Waals surface area contributed by atoms with Crippen LogP contribution in [0.2, 0.25) is 0 Å². The quantitative estimate of drug-likeness (QED) is 0.652. The van der Waals surface area contributed by atoms with E-state index < -0.39 is 0 Å². The molecule has 1 radical (unpaired) electrons. The van der Waals surface area contributed by atoms with Gasteiger partial charge in [-0.3, -0.25) is 9.69 Å². The summed E-state index contributed by atoms with van der Waals surface area (Å²) in [5.41, 5.74) is 0. The molecule has 0 bridgehead atoms. The minimum Gasteiger partial charge on any atom is -0.396 e. The zero-order valence-electron chi connectivity index (χ0n) is 7.33. The molecule has 0 saturated carbocycles. The lowest BCUT2D eigenvalue weighted by atomic mass is 9.99. The Balaban J connectivity index is 2.30. The van der Waals surface area contributed by atoms with Crippen molar-refractivity contribution in [2.45, 2.75) is 12.8 Å². The smallest absolute Gasteiger partial charge is 0.147 e. The van der Waals surface area contributed by atoms with Gasteiger partial charge >= 0.3 is 0 Å². The Labute approximate surface area is 73.4 Å². The third-order valence-corrected chi connectivity index (χ3v) is 2.26. The van der Waals surface area contributed by atoms with Crippen molar-refractivity contribution in [2.24, 2.45) is 5.92 Å². The van der Waals surface area contributed by atoms with Crippen LogP contribution in [0, 0.1) is 12.8 Å². The van der Waals surface area contributed by atoms with Gasteiger partial charge in [-0.25, -0.2) is 0 Å². The average Bonchev–Trinajstić information content (AvgIpc) is 2.03. The number of rotatable bonds is 3. The fourth-order valence-electron chi connectivity index (χ4n) is 1.69. The van der Waals surface area contributed by atoms with Crippen molar-refractivity contribution in [3.05, 3.63) is 6.92 Å². The number of likely N-dealkylation sites (tertiary alicyclic amines) is 1. The molecule has 3 heteroatoms. The maximum Gasteiger partial charge on any atom is 0.147 e. The zero-order valence-corrected chi connectivity index (χ0v) is 7.33. The number of aliphatic hydroxyl groups excluding tert-OH is 1. The van der Waals surface area contributed by atoms with Gasteiger partial charge in [-0.1, -0.05) is 0 Å². The maximum absolute atomic E-state index is 10.7. The normalized spacial score (nSPS) is 25.7. The van der Waals surface area contributed by atoms with Crippen molar-refractivity contribution >= 4 is 5.78 Å². The monoisotopic (exact) mass is 170 g/mol. The van der Waals surface area contributed by atoms with Gasteiger partial charge in [-0.2, -0.15) is 0 Å². The maximum atomic E-state index is 10.7. The van der Waals surface area contributed by atoms with E-state index in [2.05, 4.69) is 11.8 Å². The Kier molecular flexibility index (Phi) is 3.69. The summed E-state index contributed by atoms with van der Waals surface area (Å²) in [4.78, 5) is 12.8. The molecule has 1 aliphatic rings. The molecule has 0 aliphatic carbocycles. The lowest BCUT2D eigenvalue weighted by molar-refractivity contribution is -0.116. The summed E-state index contributed by atoms with van der Waals surface area (Å²) < 4.78 is 0. The zero-order chi connectivity index (χ0) is 8.97. The highest BCUT2D eigenvalue weighted by molar-refractivity contribution is 5.84. The molecule has 0 spiro atoms. The van der Waals surface area contributed by atoms with Gasteiger partial charge in [0.2, 0.25) is 0 Å². The number of carbonyl (C=O) groups excluding carboxylic acids is 1. The van der Waals surface area contributed by atoms with Gasteiger partial charge < -0.3 is 5.11 Å². The molecule has 12 heavy (non-hydrogen) atoms. The molecule has 1 unspecified atom stereocenters. The van der Waals surface area contributed by atoms with E-state index in [0.29, 0.717) is 12.5 Å². The van der Waals surface area contributed by atoms with Crippen LogP contribution in [0.3, 0.4) is 0 Å². The number of hydrogen-bond donors (Lipinski definition) is 1. The van der Waals surface area contributed by atoms with Crippen molar-refractivity contribution in [2.75, 3.05) is 26.2 Å². The molecular formula is C9H16NO2. The summed E-state index contributed by atoms with van der Waals surface area (Å²) >= 11 is 0. The molecule has 0 aromatic carbocycles. The summed E-state index contributed by atoms with van der Waals surface area (Å²) in [6.07, 6.45) is 2.16. The first-order valence-electron chi connectivity index (χ1n) is 4.40. The molecule has 1 aliphatic heterocycles. The molecule has 1 saturated heterocycles. The van der Waals surface area contributed by atoms with E-state index in [4.69, 9.17) is 5.11 Å². The van der Waals surface area contributed by atoms with E-state index in [1.54, 1.807) is 0 Å². The predicted octanol–water partition coefficient (Wildman–Crippen LogP) is 0.0939. The molecule has 0 amide bonds. The van der Waals surface area contributed by atoms with Gasteiger partial charge in [0, 0.05) is 20.1 Å². The second-order valence-corrected chi connectivity index (χ2v) is 3.46. The van der Waals surface area contributed by atoms with Crippen LogP contribution in [0.15, 0.2) is 0 Å². The lowest BCUT2D eigenvalue weighted by Crippen LogP contribution is -2.39. The Bertz CT molecular complexity index is 159. The number of ketones is 1. The van der Waals surface area contributed by atoms with Gasteiger partial charge in [0.05, 0.1) is 6.54 Å². The number of nitrogens with zero attached hydrogens (tertiary/aromatic N) is 1. The van der Waals surface area contributed by atoms with Crippen molar-refractivity contribution in [1.82, 2.24) is 4.90 Å². The molecule has 0 aromatic rings. The number of piperidine rings is 1. The fraction of sp³-hybridized carbons (Fsp3) is 0.778. The molecular weight excluding hydrogens is 154 g/mol. The minimum atomic E-state index is -0.0337. The second-order valence-electron chi connectivity index (χ2n) is 3.46. The van der Waals surface area contributed by atoms with E-state index in [1.165, 1.54) is 0 Å². The molecule has 0 aromatic heterocycles. The summed E-state index contributed by atoms with van der Waals surface area (Å²) in [5.74, 6) is 0.326. The summed E-state index contributed by atoms with van der Waals surface area (Å²) in [6, 6.07) is 0. The van der Waals surface area contributed by atoms with E-state index in [-0.39, 0.29) is 12.4 Å². The first kappa shape index (κ1) is 9.68. The van der Waals surface area contributed by atoms with E-state index in [9.17, 15) is 4.79 Å². The molecule has 1 N–H and O–H groups in total. The SMILES string of the molecule is [CH2]C(=O)CN1CCCC(CO)C1. The fourth-order valence-corrected chi connectivity index (χ4v) is 1.69. The minimum absolute atomic E-state index is 0.0337. The summed E-state index contributed by atoms with van der Waals surface area (Å²) in [5, 5.41) is 8.92. The first-order chi connectivity index (χ1) is 5.72.